The lowest BCUT2D eigenvalue weighted by Crippen LogP contribution is -2.44. The molecule has 0 radical (unpaired) electrons. The van der Waals surface area contributed by atoms with Crippen LogP contribution in [0.5, 0.6) is 0 Å². The Morgan fingerprint density at radius 3 is 1.94 bits per heavy atom. The van der Waals surface area contributed by atoms with Crippen LogP contribution in [0.3, 0.4) is 0 Å². The predicted octanol–water partition coefficient (Wildman–Crippen LogP) is -2.06. The summed E-state index contributed by atoms with van der Waals surface area (Å²) in [6.07, 6.45) is 1.19. The SMILES string of the molecule is O=C=NN(CCO)C(=O)N(CCO)CCO. The molecule has 0 aliphatic carbocycles. The number of aliphatic hydroxyl groups excluding tert-OH is 3. The highest BCUT2D eigenvalue weighted by Gasteiger charge is 2.19. The quantitative estimate of drug-likeness (QED) is 0.266. The Kier molecular flexibility index (Phi) is 8.00. The van der Waals surface area contributed by atoms with Gasteiger partial charge < -0.3 is 20.2 Å². The van der Waals surface area contributed by atoms with E-state index in [1.54, 1.807) is 0 Å². The van der Waals surface area contributed by atoms with Gasteiger partial charge >= 0.3 is 6.03 Å². The Labute approximate surface area is 92.4 Å². The van der Waals surface area contributed by atoms with Gasteiger partial charge in [0, 0.05) is 13.1 Å². The maximum Gasteiger partial charge on any atom is 0.341 e. The van der Waals surface area contributed by atoms with Gasteiger partial charge in [-0.05, 0) is 0 Å². The van der Waals surface area contributed by atoms with Crippen molar-refractivity contribution < 1.29 is 24.9 Å². The third-order valence-corrected chi connectivity index (χ3v) is 1.70. The van der Waals surface area contributed by atoms with Crippen molar-refractivity contribution in [1.82, 2.24) is 9.91 Å². The van der Waals surface area contributed by atoms with Gasteiger partial charge in [0.05, 0.1) is 26.4 Å². The molecule has 8 heteroatoms. The zero-order valence-electron chi connectivity index (χ0n) is 8.74. The van der Waals surface area contributed by atoms with Crippen LogP contribution in [-0.4, -0.2) is 76.8 Å². The third kappa shape index (κ3) is 4.85. The van der Waals surface area contributed by atoms with Crippen molar-refractivity contribution in [1.29, 1.82) is 0 Å². The Hall–Kier alpha value is -1.47. The highest BCUT2D eigenvalue weighted by Crippen LogP contribution is 1.99. The number of carbonyl (C=O) groups is 1. The maximum atomic E-state index is 11.6. The van der Waals surface area contributed by atoms with E-state index in [0.717, 1.165) is 9.91 Å². The fourth-order valence-electron chi connectivity index (χ4n) is 1.04. The van der Waals surface area contributed by atoms with E-state index in [0.29, 0.717) is 0 Å². The largest absolute Gasteiger partial charge is 0.395 e. The van der Waals surface area contributed by atoms with Crippen molar-refractivity contribution in [2.45, 2.75) is 0 Å². The first-order chi connectivity index (χ1) is 7.71. The second-order valence-electron chi connectivity index (χ2n) is 2.75. The summed E-state index contributed by atoms with van der Waals surface area (Å²) in [6, 6.07) is -0.680. The summed E-state index contributed by atoms with van der Waals surface area (Å²) >= 11 is 0. The van der Waals surface area contributed by atoms with Crippen molar-refractivity contribution in [3.63, 3.8) is 0 Å². The van der Waals surface area contributed by atoms with Crippen LogP contribution in [0.1, 0.15) is 0 Å². The molecular weight excluding hydrogens is 218 g/mol. The average Bonchev–Trinajstić information content (AvgIpc) is 2.27. The van der Waals surface area contributed by atoms with E-state index >= 15 is 0 Å². The molecule has 0 bridgehead atoms. The molecule has 0 aromatic carbocycles. The highest BCUT2D eigenvalue weighted by atomic mass is 16.3. The van der Waals surface area contributed by atoms with Gasteiger partial charge in [-0.2, -0.15) is 0 Å². The lowest BCUT2D eigenvalue weighted by molar-refractivity contribution is 0.120. The molecular formula is C8H15N3O5. The highest BCUT2D eigenvalue weighted by molar-refractivity contribution is 5.74. The van der Waals surface area contributed by atoms with E-state index in [4.69, 9.17) is 15.3 Å². The van der Waals surface area contributed by atoms with Crippen LogP contribution >= 0.6 is 0 Å². The number of aliphatic hydroxyl groups is 3. The molecule has 0 aromatic rings. The number of urea groups is 1. The number of amides is 2. The van der Waals surface area contributed by atoms with E-state index in [2.05, 4.69) is 5.10 Å². The summed E-state index contributed by atoms with van der Waals surface area (Å²) in [5, 5.41) is 29.9. The number of rotatable bonds is 7. The van der Waals surface area contributed by atoms with E-state index in [1.807, 2.05) is 0 Å². The number of nitrogens with zero attached hydrogens (tertiary/aromatic N) is 3. The molecule has 92 valence electrons. The van der Waals surface area contributed by atoms with Gasteiger partial charge in [-0.1, -0.05) is 5.10 Å². The summed E-state index contributed by atoms with van der Waals surface area (Å²) in [5.41, 5.74) is 0. The van der Waals surface area contributed by atoms with Gasteiger partial charge in [0.25, 0.3) is 6.08 Å². The Morgan fingerprint density at radius 1 is 1.06 bits per heavy atom. The third-order valence-electron chi connectivity index (χ3n) is 1.70. The molecule has 0 aromatic heterocycles. The fraction of sp³-hybridized carbons (Fsp3) is 0.750. The topological polar surface area (TPSA) is 114 Å². The molecule has 0 unspecified atom stereocenters. The molecule has 3 N–H and O–H groups in total. The van der Waals surface area contributed by atoms with Crippen LogP contribution in [0.2, 0.25) is 0 Å². The van der Waals surface area contributed by atoms with Gasteiger partial charge in [0.15, 0.2) is 0 Å². The molecule has 0 atom stereocenters. The Balaban J connectivity index is 4.57. The number of isocyanates is 1. The van der Waals surface area contributed by atoms with Crippen LogP contribution in [0.25, 0.3) is 0 Å². The smallest absolute Gasteiger partial charge is 0.341 e. The van der Waals surface area contributed by atoms with Crippen molar-refractivity contribution >= 4 is 12.1 Å². The lowest BCUT2D eigenvalue weighted by atomic mass is 10.5. The van der Waals surface area contributed by atoms with E-state index in [9.17, 15) is 9.59 Å². The van der Waals surface area contributed by atoms with Crippen molar-refractivity contribution in [2.24, 2.45) is 5.10 Å². The second-order valence-corrected chi connectivity index (χ2v) is 2.75. The van der Waals surface area contributed by atoms with Crippen LogP contribution < -0.4 is 0 Å². The van der Waals surface area contributed by atoms with E-state index in [-0.39, 0.29) is 39.5 Å². The summed E-state index contributed by atoms with van der Waals surface area (Å²) < 4.78 is 0. The molecule has 0 rings (SSSR count). The minimum absolute atomic E-state index is 0.00962. The molecule has 0 heterocycles. The number of hydrazone groups is 1. The normalized spacial score (nSPS) is 9.44. The molecule has 2 amide bonds. The zero-order chi connectivity index (χ0) is 12.4. The molecule has 0 saturated carbocycles. The average molecular weight is 233 g/mol. The summed E-state index contributed by atoms with van der Waals surface area (Å²) in [5.74, 6) is 0. The molecule has 8 nitrogen and oxygen atoms in total. The van der Waals surface area contributed by atoms with Crippen LogP contribution in [0.4, 0.5) is 4.79 Å². The summed E-state index contributed by atoms with van der Waals surface area (Å²) in [7, 11) is 0. The van der Waals surface area contributed by atoms with Gasteiger partial charge in [-0.3, -0.25) is 0 Å². The number of hydrogen-bond donors (Lipinski definition) is 3. The Morgan fingerprint density at radius 2 is 1.56 bits per heavy atom. The molecule has 0 saturated heterocycles. The van der Waals surface area contributed by atoms with Crippen molar-refractivity contribution in [2.75, 3.05) is 39.5 Å². The number of hydrogen-bond acceptors (Lipinski definition) is 6. The maximum absolute atomic E-state index is 11.6. The standard InChI is InChI=1S/C8H15N3O5/c12-4-1-10(2-5-13)8(16)11(3-6-14)9-7-15/h12-14H,1-6H2. The first-order valence-corrected chi connectivity index (χ1v) is 4.68. The molecule has 16 heavy (non-hydrogen) atoms. The van der Waals surface area contributed by atoms with Gasteiger partial charge in [-0.15, -0.1) is 0 Å². The molecule has 0 aliphatic rings. The minimum atomic E-state index is -0.680. The predicted molar refractivity (Wildman–Crippen MR) is 53.1 cm³/mol. The van der Waals surface area contributed by atoms with Crippen LogP contribution in [0.15, 0.2) is 5.10 Å². The van der Waals surface area contributed by atoms with E-state index < -0.39 is 6.03 Å². The van der Waals surface area contributed by atoms with E-state index in [1.165, 1.54) is 6.08 Å². The van der Waals surface area contributed by atoms with Crippen molar-refractivity contribution in [3.8, 4) is 0 Å². The first-order valence-electron chi connectivity index (χ1n) is 4.68. The van der Waals surface area contributed by atoms with Crippen molar-refractivity contribution in [3.05, 3.63) is 0 Å². The second kappa shape index (κ2) is 8.81. The zero-order valence-corrected chi connectivity index (χ0v) is 8.74. The molecule has 0 spiro atoms. The minimum Gasteiger partial charge on any atom is -0.395 e. The number of carbonyl (C=O) groups excluding carboxylic acids is 2. The summed E-state index contributed by atoms with van der Waals surface area (Å²) in [4.78, 5) is 22.8. The van der Waals surface area contributed by atoms with Gasteiger partial charge in [-0.25, -0.2) is 14.6 Å². The van der Waals surface area contributed by atoms with Crippen LogP contribution in [-0.2, 0) is 4.79 Å². The molecule has 0 aliphatic heterocycles. The summed E-state index contributed by atoms with van der Waals surface area (Å²) in [6.45, 7) is -1.04. The molecule has 0 fully saturated rings. The van der Waals surface area contributed by atoms with Gasteiger partial charge in [0.1, 0.15) is 0 Å². The monoisotopic (exact) mass is 233 g/mol. The lowest BCUT2D eigenvalue weighted by Gasteiger charge is -2.25. The first kappa shape index (κ1) is 14.5. The van der Waals surface area contributed by atoms with Gasteiger partial charge in [0.2, 0.25) is 0 Å². The Bertz CT molecular complexity index is 248. The fourth-order valence-corrected chi connectivity index (χ4v) is 1.04. The van der Waals surface area contributed by atoms with Crippen LogP contribution in [0, 0.1) is 0 Å².